The lowest BCUT2D eigenvalue weighted by Gasteiger charge is -2.35. The van der Waals surface area contributed by atoms with Crippen LogP contribution >= 0.6 is 12.2 Å². The van der Waals surface area contributed by atoms with Gasteiger partial charge in [-0.25, -0.2) is 13.2 Å². The molecule has 0 radical (unpaired) electrons. The normalized spacial score (nSPS) is 17.6. The van der Waals surface area contributed by atoms with Crippen molar-refractivity contribution >= 4 is 39.0 Å². The molecule has 1 aliphatic rings. The fourth-order valence-electron chi connectivity index (χ4n) is 2.70. The topological polar surface area (TPSA) is 87.7 Å². The SMILES string of the molecule is CC1=C(C(=O)OCC(C)C)C(c2ccc(NS(=O)(=O)C(C)C)cc2)NC(=S)N1C. The number of nitrogens with zero attached hydrogens (tertiary/aromatic N) is 1. The molecule has 2 rings (SSSR count). The molecule has 1 heterocycles. The van der Waals surface area contributed by atoms with E-state index in [4.69, 9.17) is 17.0 Å². The Hall–Kier alpha value is -2.13. The van der Waals surface area contributed by atoms with Gasteiger partial charge in [-0.05, 0) is 56.6 Å². The summed E-state index contributed by atoms with van der Waals surface area (Å²) >= 11 is 5.39. The first-order valence-electron chi connectivity index (χ1n) is 9.47. The molecule has 0 spiro atoms. The average molecular weight is 440 g/mol. The van der Waals surface area contributed by atoms with Crippen LogP contribution in [-0.2, 0) is 19.6 Å². The maximum atomic E-state index is 12.8. The minimum atomic E-state index is -3.43. The molecule has 9 heteroatoms. The summed E-state index contributed by atoms with van der Waals surface area (Å²) in [6, 6.07) is 6.41. The number of thiocarbonyl (C=S) groups is 1. The van der Waals surface area contributed by atoms with Crippen molar-refractivity contribution in [1.29, 1.82) is 0 Å². The fourth-order valence-corrected chi connectivity index (χ4v) is 3.65. The number of rotatable bonds is 7. The molecule has 0 saturated heterocycles. The monoisotopic (exact) mass is 439 g/mol. The standard InChI is InChI=1S/C20H29N3O4S2/c1-12(2)11-27-19(24)17-14(5)23(6)20(28)21-18(17)15-7-9-16(10-8-15)22-29(25,26)13(3)4/h7-10,12-13,18,22H,11H2,1-6H3,(H,21,28). The molecule has 0 bridgehead atoms. The first-order valence-corrected chi connectivity index (χ1v) is 11.4. The van der Waals surface area contributed by atoms with Gasteiger partial charge in [0.2, 0.25) is 10.0 Å². The number of sulfonamides is 1. The Morgan fingerprint density at radius 3 is 2.34 bits per heavy atom. The lowest BCUT2D eigenvalue weighted by molar-refractivity contribution is -0.140. The maximum absolute atomic E-state index is 12.8. The minimum absolute atomic E-state index is 0.224. The third kappa shape index (κ3) is 5.48. The van der Waals surface area contributed by atoms with E-state index in [1.54, 1.807) is 50.1 Å². The molecule has 0 amide bonds. The molecular weight excluding hydrogens is 410 g/mol. The second kappa shape index (κ2) is 9.13. The summed E-state index contributed by atoms with van der Waals surface area (Å²) < 4.78 is 32.1. The molecule has 1 unspecified atom stereocenters. The number of allylic oxidation sites excluding steroid dienone is 1. The number of carbonyl (C=O) groups excluding carboxylic acids is 1. The van der Waals surface area contributed by atoms with Crippen LogP contribution in [0.4, 0.5) is 5.69 Å². The quantitative estimate of drug-likeness (QED) is 0.498. The van der Waals surface area contributed by atoms with Crippen molar-refractivity contribution in [1.82, 2.24) is 10.2 Å². The summed E-state index contributed by atoms with van der Waals surface area (Å²) in [5.74, 6) is -0.172. The lowest BCUT2D eigenvalue weighted by atomic mass is 9.95. The van der Waals surface area contributed by atoms with Crippen molar-refractivity contribution in [3.63, 3.8) is 0 Å². The van der Waals surface area contributed by atoms with E-state index in [9.17, 15) is 13.2 Å². The van der Waals surface area contributed by atoms with Gasteiger partial charge in [0.1, 0.15) is 0 Å². The summed E-state index contributed by atoms with van der Waals surface area (Å²) in [6.45, 7) is 9.34. The van der Waals surface area contributed by atoms with Gasteiger partial charge in [0, 0.05) is 18.4 Å². The highest BCUT2D eigenvalue weighted by Crippen LogP contribution is 2.31. The number of ether oxygens (including phenoxy) is 1. The highest BCUT2D eigenvalue weighted by Gasteiger charge is 2.33. The number of nitrogens with one attached hydrogen (secondary N) is 2. The van der Waals surface area contributed by atoms with E-state index in [0.717, 1.165) is 11.3 Å². The van der Waals surface area contributed by atoms with E-state index in [1.165, 1.54) is 0 Å². The first-order chi connectivity index (χ1) is 13.4. The summed E-state index contributed by atoms with van der Waals surface area (Å²) in [5, 5.41) is 3.14. The van der Waals surface area contributed by atoms with Crippen LogP contribution in [0.1, 0.15) is 46.2 Å². The molecule has 1 aliphatic heterocycles. The van der Waals surface area contributed by atoms with Crippen molar-refractivity contribution in [2.75, 3.05) is 18.4 Å². The van der Waals surface area contributed by atoms with Crippen LogP contribution in [0.5, 0.6) is 0 Å². The third-order valence-electron chi connectivity index (χ3n) is 4.65. The molecule has 0 fully saturated rings. The number of esters is 1. The first kappa shape index (κ1) is 23.2. The van der Waals surface area contributed by atoms with E-state index in [-0.39, 0.29) is 5.92 Å². The Morgan fingerprint density at radius 1 is 1.24 bits per heavy atom. The van der Waals surface area contributed by atoms with Crippen LogP contribution in [0, 0.1) is 5.92 Å². The molecule has 29 heavy (non-hydrogen) atoms. The Bertz CT molecular complexity index is 906. The van der Waals surface area contributed by atoms with Crippen molar-refractivity contribution in [3.05, 3.63) is 41.1 Å². The number of anilines is 1. The zero-order chi connectivity index (χ0) is 21.9. The van der Waals surface area contributed by atoms with E-state index in [0.29, 0.717) is 23.0 Å². The highest BCUT2D eigenvalue weighted by atomic mass is 32.2. The van der Waals surface area contributed by atoms with E-state index < -0.39 is 27.3 Å². The minimum Gasteiger partial charge on any atom is -0.462 e. The van der Waals surface area contributed by atoms with Crippen LogP contribution in [0.15, 0.2) is 35.5 Å². The van der Waals surface area contributed by atoms with Crippen molar-refractivity contribution in [2.45, 2.75) is 45.9 Å². The van der Waals surface area contributed by atoms with Gasteiger partial charge >= 0.3 is 5.97 Å². The second-order valence-electron chi connectivity index (χ2n) is 7.75. The molecule has 160 valence electrons. The van der Waals surface area contributed by atoms with Crippen LogP contribution in [0.2, 0.25) is 0 Å². The largest absolute Gasteiger partial charge is 0.462 e. The zero-order valence-electron chi connectivity index (χ0n) is 17.6. The molecule has 7 nitrogen and oxygen atoms in total. The predicted octanol–water partition coefficient (Wildman–Crippen LogP) is 3.17. The number of benzene rings is 1. The van der Waals surface area contributed by atoms with E-state index >= 15 is 0 Å². The summed E-state index contributed by atoms with van der Waals surface area (Å²) in [4.78, 5) is 14.5. The zero-order valence-corrected chi connectivity index (χ0v) is 19.3. The number of carbonyl (C=O) groups is 1. The van der Waals surface area contributed by atoms with Crippen molar-refractivity contribution < 1.29 is 17.9 Å². The van der Waals surface area contributed by atoms with Crippen molar-refractivity contribution in [3.8, 4) is 0 Å². The van der Waals surface area contributed by atoms with E-state index in [1.807, 2.05) is 20.8 Å². The van der Waals surface area contributed by atoms with Gasteiger partial charge in [0.25, 0.3) is 0 Å². The molecule has 0 aromatic heterocycles. The molecule has 0 saturated carbocycles. The van der Waals surface area contributed by atoms with Crippen LogP contribution < -0.4 is 10.0 Å². The van der Waals surface area contributed by atoms with Gasteiger partial charge in [-0.2, -0.15) is 0 Å². The maximum Gasteiger partial charge on any atom is 0.338 e. The average Bonchev–Trinajstić information content (AvgIpc) is 2.64. The predicted molar refractivity (Wildman–Crippen MR) is 119 cm³/mol. The molecule has 1 aromatic carbocycles. The van der Waals surface area contributed by atoms with Gasteiger partial charge in [0.05, 0.1) is 23.5 Å². The molecular formula is C20H29N3O4S2. The van der Waals surface area contributed by atoms with Crippen LogP contribution in [0.25, 0.3) is 0 Å². The fraction of sp³-hybridized carbons (Fsp3) is 0.500. The van der Waals surface area contributed by atoms with E-state index in [2.05, 4.69) is 10.0 Å². The Balaban J connectivity index is 2.34. The third-order valence-corrected chi connectivity index (χ3v) is 6.80. The van der Waals surface area contributed by atoms with Gasteiger partial charge in [-0.1, -0.05) is 26.0 Å². The van der Waals surface area contributed by atoms with Crippen LogP contribution in [-0.4, -0.2) is 43.3 Å². The summed E-state index contributed by atoms with van der Waals surface area (Å²) in [5.41, 5.74) is 2.45. The Morgan fingerprint density at radius 2 is 1.83 bits per heavy atom. The highest BCUT2D eigenvalue weighted by molar-refractivity contribution is 7.93. The second-order valence-corrected chi connectivity index (χ2v) is 10.4. The summed E-state index contributed by atoms with van der Waals surface area (Å²) in [6.07, 6.45) is 0. The van der Waals surface area contributed by atoms with Gasteiger partial charge in [0.15, 0.2) is 5.11 Å². The van der Waals surface area contributed by atoms with Crippen molar-refractivity contribution in [2.24, 2.45) is 5.92 Å². The van der Waals surface area contributed by atoms with Gasteiger partial charge in [-0.15, -0.1) is 0 Å². The molecule has 0 aliphatic carbocycles. The lowest BCUT2D eigenvalue weighted by Crippen LogP contribution is -2.46. The van der Waals surface area contributed by atoms with Gasteiger partial charge in [-0.3, -0.25) is 4.72 Å². The Kier molecular flexibility index (Phi) is 7.29. The number of hydrogen-bond acceptors (Lipinski definition) is 5. The summed E-state index contributed by atoms with van der Waals surface area (Å²) in [7, 11) is -1.64. The molecule has 1 atom stereocenters. The van der Waals surface area contributed by atoms with Crippen LogP contribution in [0.3, 0.4) is 0 Å². The Labute approximate surface area is 178 Å². The molecule has 1 aromatic rings. The van der Waals surface area contributed by atoms with Gasteiger partial charge < -0.3 is 15.0 Å². The smallest absolute Gasteiger partial charge is 0.338 e. The number of hydrogen-bond donors (Lipinski definition) is 2. The molecule has 2 N–H and O–H groups in total.